The number of ether oxygens (including phenoxy) is 2. The fourth-order valence-electron chi connectivity index (χ4n) is 2.13. The minimum atomic E-state index is -0.0297. The second kappa shape index (κ2) is 8.36. The average molecular weight is 296 g/mol. The van der Waals surface area contributed by atoms with Crippen LogP contribution in [0.2, 0.25) is 0 Å². The topological polar surface area (TPSA) is 85.0 Å². The van der Waals surface area contributed by atoms with E-state index in [0.717, 1.165) is 5.56 Å². The molecule has 0 atom stereocenters. The molecule has 1 rings (SSSR count). The summed E-state index contributed by atoms with van der Waals surface area (Å²) in [5.41, 5.74) is 7.40. The van der Waals surface area contributed by atoms with Gasteiger partial charge in [0.2, 0.25) is 5.91 Å². The van der Waals surface area contributed by atoms with Crippen LogP contribution in [0.5, 0.6) is 11.5 Å². The molecule has 1 aromatic carbocycles. The number of hydrogen-bond donors (Lipinski definition) is 2. The Balaban J connectivity index is 2.77. The van der Waals surface area contributed by atoms with Gasteiger partial charge in [-0.15, -0.1) is 0 Å². The quantitative estimate of drug-likeness (QED) is 0.701. The standard InChI is InChI=1S/C15H24N2O4/c1-4-17(7-8-18)15(19)6-5-11-9-13(20-2)14(21-3)10-12(11)16/h9-10,18H,4-8,16H2,1-3H3. The van der Waals surface area contributed by atoms with Crippen molar-refractivity contribution >= 4 is 11.6 Å². The van der Waals surface area contributed by atoms with Gasteiger partial charge in [0.1, 0.15) is 0 Å². The molecule has 1 amide bonds. The summed E-state index contributed by atoms with van der Waals surface area (Å²) in [7, 11) is 3.11. The summed E-state index contributed by atoms with van der Waals surface area (Å²) in [5, 5.41) is 8.93. The van der Waals surface area contributed by atoms with Gasteiger partial charge >= 0.3 is 0 Å². The molecule has 0 fully saturated rings. The number of aryl methyl sites for hydroxylation is 1. The van der Waals surface area contributed by atoms with Crippen LogP contribution >= 0.6 is 0 Å². The first kappa shape index (κ1) is 17.1. The largest absolute Gasteiger partial charge is 0.493 e. The van der Waals surface area contributed by atoms with Crippen LogP contribution in [0.25, 0.3) is 0 Å². The van der Waals surface area contributed by atoms with E-state index in [1.54, 1.807) is 31.3 Å². The third-order valence-electron chi connectivity index (χ3n) is 3.36. The van der Waals surface area contributed by atoms with Crippen molar-refractivity contribution in [3.63, 3.8) is 0 Å². The average Bonchev–Trinajstić information content (AvgIpc) is 2.50. The van der Waals surface area contributed by atoms with Crippen LogP contribution in [-0.4, -0.2) is 49.8 Å². The Morgan fingerprint density at radius 3 is 2.43 bits per heavy atom. The molecule has 6 heteroatoms. The molecule has 0 bridgehead atoms. The molecule has 0 saturated carbocycles. The molecule has 0 aromatic heterocycles. The normalized spacial score (nSPS) is 10.3. The second-order valence-electron chi connectivity index (χ2n) is 4.60. The van der Waals surface area contributed by atoms with Crippen LogP contribution in [0.4, 0.5) is 5.69 Å². The predicted molar refractivity (Wildman–Crippen MR) is 81.6 cm³/mol. The van der Waals surface area contributed by atoms with E-state index in [2.05, 4.69) is 0 Å². The summed E-state index contributed by atoms with van der Waals surface area (Å²) in [6.07, 6.45) is 0.862. The number of nitrogens with two attached hydrogens (primary N) is 1. The van der Waals surface area contributed by atoms with Crippen LogP contribution in [-0.2, 0) is 11.2 Å². The van der Waals surface area contributed by atoms with E-state index < -0.39 is 0 Å². The van der Waals surface area contributed by atoms with Crippen LogP contribution in [0.1, 0.15) is 18.9 Å². The lowest BCUT2D eigenvalue weighted by Gasteiger charge is -2.20. The summed E-state index contributed by atoms with van der Waals surface area (Å²) >= 11 is 0. The first-order chi connectivity index (χ1) is 10.1. The number of benzene rings is 1. The van der Waals surface area contributed by atoms with Gasteiger partial charge in [-0.1, -0.05) is 0 Å². The Kier molecular flexibility index (Phi) is 6.81. The van der Waals surface area contributed by atoms with E-state index in [-0.39, 0.29) is 12.5 Å². The van der Waals surface area contributed by atoms with Crippen molar-refractivity contribution in [1.29, 1.82) is 0 Å². The SMILES string of the molecule is CCN(CCO)C(=O)CCc1cc(OC)c(OC)cc1N. The van der Waals surface area contributed by atoms with Gasteiger partial charge in [0.25, 0.3) is 0 Å². The number of amides is 1. The molecule has 0 aliphatic carbocycles. The van der Waals surface area contributed by atoms with Gasteiger partial charge in [-0.25, -0.2) is 0 Å². The molecule has 0 aliphatic heterocycles. The predicted octanol–water partition coefficient (Wildman–Crippen LogP) is 1.06. The van der Waals surface area contributed by atoms with Crippen molar-refractivity contribution < 1.29 is 19.4 Å². The van der Waals surface area contributed by atoms with E-state index in [4.69, 9.17) is 20.3 Å². The lowest BCUT2D eigenvalue weighted by molar-refractivity contribution is -0.131. The molecule has 0 unspecified atom stereocenters. The van der Waals surface area contributed by atoms with E-state index in [1.165, 1.54) is 0 Å². The zero-order valence-corrected chi connectivity index (χ0v) is 12.9. The molecule has 6 nitrogen and oxygen atoms in total. The summed E-state index contributed by atoms with van der Waals surface area (Å²) in [6, 6.07) is 3.49. The maximum Gasteiger partial charge on any atom is 0.222 e. The van der Waals surface area contributed by atoms with Gasteiger partial charge in [0.15, 0.2) is 11.5 Å². The van der Waals surface area contributed by atoms with Crippen molar-refractivity contribution in [3.05, 3.63) is 17.7 Å². The first-order valence-corrected chi connectivity index (χ1v) is 6.96. The fourth-order valence-corrected chi connectivity index (χ4v) is 2.13. The number of hydrogen-bond acceptors (Lipinski definition) is 5. The van der Waals surface area contributed by atoms with Crippen molar-refractivity contribution in [2.45, 2.75) is 19.8 Å². The van der Waals surface area contributed by atoms with Crippen LogP contribution in [0.15, 0.2) is 12.1 Å². The van der Waals surface area contributed by atoms with Crippen LogP contribution in [0.3, 0.4) is 0 Å². The Morgan fingerprint density at radius 1 is 1.29 bits per heavy atom. The van der Waals surface area contributed by atoms with E-state index >= 15 is 0 Å². The van der Waals surface area contributed by atoms with Crippen molar-refractivity contribution in [2.24, 2.45) is 0 Å². The third kappa shape index (κ3) is 4.53. The first-order valence-electron chi connectivity index (χ1n) is 6.96. The summed E-state index contributed by atoms with van der Waals surface area (Å²) < 4.78 is 10.4. The van der Waals surface area contributed by atoms with E-state index in [0.29, 0.717) is 43.1 Å². The minimum Gasteiger partial charge on any atom is -0.493 e. The highest BCUT2D eigenvalue weighted by atomic mass is 16.5. The van der Waals surface area contributed by atoms with Gasteiger partial charge in [-0.3, -0.25) is 4.79 Å². The Hall–Kier alpha value is -1.95. The summed E-state index contributed by atoms with van der Waals surface area (Å²) in [5.74, 6) is 1.16. The monoisotopic (exact) mass is 296 g/mol. The van der Waals surface area contributed by atoms with E-state index in [1.807, 2.05) is 6.92 Å². The molecule has 0 radical (unpaired) electrons. The molecule has 0 spiro atoms. The van der Waals surface area contributed by atoms with Gasteiger partial charge in [0, 0.05) is 31.3 Å². The molecule has 0 saturated heterocycles. The lowest BCUT2D eigenvalue weighted by Crippen LogP contribution is -2.33. The van der Waals surface area contributed by atoms with Crippen LogP contribution in [0, 0.1) is 0 Å². The van der Waals surface area contributed by atoms with Crippen molar-refractivity contribution in [2.75, 3.05) is 39.6 Å². The number of anilines is 1. The summed E-state index contributed by atoms with van der Waals surface area (Å²) in [6.45, 7) is 2.80. The number of carbonyl (C=O) groups is 1. The zero-order chi connectivity index (χ0) is 15.8. The maximum absolute atomic E-state index is 12.0. The van der Waals surface area contributed by atoms with Crippen molar-refractivity contribution in [1.82, 2.24) is 4.90 Å². The molecule has 1 aromatic rings. The number of rotatable bonds is 8. The van der Waals surface area contributed by atoms with Crippen LogP contribution < -0.4 is 15.2 Å². The highest BCUT2D eigenvalue weighted by molar-refractivity contribution is 5.76. The highest BCUT2D eigenvalue weighted by Crippen LogP contribution is 2.32. The second-order valence-corrected chi connectivity index (χ2v) is 4.60. The number of methoxy groups -OCH3 is 2. The third-order valence-corrected chi connectivity index (χ3v) is 3.36. The lowest BCUT2D eigenvalue weighted by atomic mass is 10.1. The number of aliphatic hydroxyl groups excluding tert-OH is 1. The van der Waals surface area contributed by atoms with Gasteiger partial charge in [-0.05, 0) is 25.0 Å². The Morgan fingerprint density at radius 2 is 1.90 bits per heavy atom. The minimum absolute atomic E-state index is 0.000680. The summed E-state index contributed by atoms with van der Waals surface area (Å²) in [4.78, 5) is 13.7. The number of nitrogens with zero attached hydrogens (tertiary/aromatic N) is 1. The number of carbonyl (C=O) groups excluding carboxylic acids is 1. The van der Waals surface area contributed by atoms with Gasteiger partial charge in [-0.2, -0.15) is 0 Å². The van der Waals surface area contributed by atoms with E-state index in [9.17, 15) is 4.79 Å². The molecular weight excluding hydrogens is 272 g/mol. The van der Waals surface area contributed by atoms with Gasteiger partial charge < -0.3 is 25.2 Å². The zero-order valence-electron chi connectivity index (χ0n) is 12.9. The molecule has 0 heterocycles. The highest BCUT2D eigenvalue weighted by Gasteiger charge is 2.14. The molecule has 0 aliphatic rings. The number of nitrogen functional groups attached to an aromatic ring is 1. The number of aliphatic hydroxyl groups is 1. The van der Waals surface area contributed by atoms with Crippen molar-refractivity contribution in [3.8, 4) is 11.5 Å². The van der Waals surface area contributed by atoms with Gasteiger partial charge in [0.05, 0.1) is 20.8 Å². The maximum atomic E-state index is 12.0. The molecular formula is C15H24N2O4. The molecule has 3 N–H and O–H groups in total. The number of likely N-dealkylation sites (N-methyl/N-ethyl adjacent to an activating group) is 1. The Bertz CT molecular complexity index is 477. The smallest absolute Gasteiger partial charge is 0.222 e. The fraction of sp³-hybridized carbons (Fsp3) is 0.533. The Labute approximate surface area is 125 Å². The molecule has 118 valence electrons. The molecule has 21 heavy (non-hydrogen) atoms.